The second-order valence-corrected chi connectivity index (χ2v) is 6.84. The number of hydrogen-bond acceptors (Lipinski definition) is 5. The molecule has 0 N–H and O–H groups in total. The molecule has 6 heteroatoms. The maximum absolute atomic E-state index is 11.7. The largest absolute Gasteiger partial charge is 0.490 e. The number of ether oxygens (including phenoxy) is 2. The molecule has 0 aromatic heterocycles. The highest BCUT2D eigenvalue weighted by atomic mass is 32.2. The van der Waals surface area contributed by atoms with Crippen LogP contribution in [0.1, 0.15) is 18.1 Å². The molecule has 1 aromatic rings. The Morgan fingerprint density at radius 2 is 1.72 bits per heavy atom. The first kappa shape index (κ1) is 21.0. The number of allylic oxidation sites excluding steroid dienone is 1. The van der Waals surface area contributed by atoms with E-state index in [2.05, 4.69) is 9.99 Å². The lowest BCUT2D eigenvalue weighted by Gasteiger charge is -2.13. The molecule has 0 fully saturated rings. The standard InChI is InChI=1S/C19H27NO4S/c1-5-6-10-23-18-14-16(2)19(17(3)15-18)24-11-7-8-12-25(21)13-9-20-22-4/h5-9,14-15H,10-13H2,1-4H3/b6-5+,8-7+,20-9+. The zero-order valence-electron chi connectivity index (χ0n) is 15.4. The van der Waals surface area contributed by atoms with Crippen LogP contribution in [0.4, 0.5) is 0 Å². The van der Waals surface area contributed by atoms with Crippen LogP contribution >= 0.6 is 0 Å². The van der Waals surface area contributed by atoms with Gasteiger partial charge in [0.25, 0.3) is 0 Å². The molecular weight excluding hydrogens is 338 g/mol. The zero-order chi connectivity index (χ0) is 18.5. The summed E-state index contributed by atoms with van der Waals surface area (Å²) >= 11 is 0. The Kier molecular flexibility index (Phi) is 10.3. The van der Waals surface area contributed by atoms with E-state index in [0.717, 1.165) is 22.6 Å². The van der Waals surface area contributed by atoms with Crippen LogP contribution in [0.5, 0.6) is 11.5 Å². The predicted octanol–water partition coefficient (Wildman–Crippen LogP) is 3.57. The molecule has 5 nitrogen and oxygen atoms in total. The van der Waals surface area contributed by atoms with Crippen molar-refractivity contribution in [3.05, 3.63) is 47.6 Å². The number of aryl methyl sites for hydroxylation is 2. The second kappa shape index (κ2) is 12.3. The van der Waals surface area contributed by atoms with Crippen LogP contribution < -0.4 is 9.47 Å². The van der Waals surface area contributed by atoms with Crippen LogP contribution in [0.25, 0.3) is 0 Å². The minimum Gasteiger partial charge on any atom is -0.490 e. The highest BCUT2D eigenvalue weighted by molar-refractivity contribution is 7.85. The van der Waals surface area contributed by atoms with Gasteiger partial charge in [-0.05, 0) is 44.0 Å². The van der Waals surface area contributed by atoms with Crippen molar-refractivity contribution in [1.29, 1.82) is 0 Å². The Morgan fingerprint density at radius 1 is 1.04 bits per heavy atom. The molecule has 0 amide bonds. The molecule has 0 saturated heterocycles. The Labute approximate surface area is 152 Å². The van der Waals surface area contributed by atoms with Gasteiger partial charge in [0.15, 0.2) is 0 Å². The minimum absolute atomic E-state index is 0.381. The highest BCUT2D eigenvalue weighted by Crippen LogP contribution is 2.28. The van der Waals surface area contributed by atoms with E-state index < -0.39 is 10.8 Å². The third-order valence-corrected chi connectivity index (χ3v) is 4.31. The Balaban J connectivity index is 2.47. The molecule has 0 aliphatic heterocycles. The smallest absolute Gasteiger partial charge is 0.125 e. The Morgan fingerprint density at radius 3 is 2.36 bits per heavy atom. The highest BCUT2D eigenvalue weighted by Gasteiger charge is 2.06. The van der Waals surface area contributed by atoms with Crippen LogP contribution in [0.3, 0.4) is 0 Å². The summed E-state index contributed by atoms with van der Waals surface area (Å²) < 4.78 is 23.1. The summed E-state index contributed by atoms with van der Waals surface area (Å²) in [5.41, 5.74) is 2.06. The molecule has 0 aliphatic rings. The molecule has 138 valence electrons. The van der Waals surface area contributed by atoms with Gasteiger partial charge in [-0.1, -0.05) is 29.5 Å². The topological polar surface area (TPSA) is 57.1 Å². The molecule has 0 radical (unpaired) electrons. The molecule has 25 heavy (non-hydrogen) atoms. The van der Waals surface area contributed by atoms with Crippen molar-refractivity contribution in [3.63, 3.8) is 0 Å². The maximum atomic E-state index is 11.7. The second-order valence-electron chi connectivity index (χ2n) is 5.29. The average Bonchev–Trinajstić information content (AvgIpc) is 2.57. The number of benzene rings is 1. The number of nitrogens with zero attached hydrogens (tertiary/aromatic N) is 1. The monoisotopic (exact) mass is 365 g/mol. The van der Waals surface area contributed by atoms with Gasteiger partial charge in [0.05, 0.1) is 12.0 Å². The third kappa shape index (κ3) is 8.54. The maximum Gasteiger partial charge on any atom is 0.125 e. The van der Waals surface area contributed by atoms with Gasteiger partial charge in [-0.15, -0.1) is 0 Å². The summed E-state index contributed by atoms with van der Waals surface area (Å²) in [4.78, 5) is 4.53. The lowest BCUT2D eigenvalue weighted by molar-refractivity contribution is 0.215. The predicted molar refractivity (Wildman–Crippen MR) is 104 cm³/mol. The summed E-state index contributed by atoms with van der Waals surface area (Å²) in [6.07, 6.45) is 9.16. The number of rotatable bonds is 11. The van der Waals surface area contributed by atoms with Crippen LogP contribution in [-0.2, 0) is 15.6 Å². The van der Waals surface area contributed by atoms with E-state index in [1.807, 2.05) is 57.2 Å². The SMILES string of the molecule is C/C=C/COc1cc(C)c(OC/C=C/CS(=O)C/C=N/OC)c(C)c1. The summed E-state index contributed by atoms with van der Waals surface area (Å²) in [6.45, 7) is 6.96. The number of hydrogen-bond donors (Lipinski definition) is 0. The molecule has 1 atom stereocenters. The fraction of sp³-hybridized carbons (Fsp3) is 0.421. The normalized spacial score (nSPS) is 13.0. The molecule has 1 aromatic carbocycles. The van der Waals surface area contributed by atoms with E-state index in [1.165, 1.54) is 13.3 Å². The van der Waals surface area contributed by atoms with Crippen molar-refractivity contribution < 1.29 is 18.5 Å². The van der Waals surface area contributed by atoms with Gasteiger partial charge in [-0.25, -0.2) is 0 Å². The van der Waals surface area contributed by atoms with E-state index in [9.17, 15) is 4.21 Å². The van der Waals surface area contributed by atoms with Crippen molar-refractivity contribution in [1.82, 2.24) is 0 Å². The summed E-state index contributed by atoms with van der Waals surface area (Å²) in [6, 6.07) is 3.94. The van der Waals surface area contributed by atoms with Gasteiger partial charge < -0.3 is 14.3 Å². The minimum atomic E-state index is -0.979. The van der Waals surface area contributed by atoms with Crippen LogP contribution in [-0.4, -0.2) is 42.3 Å². The fourth-order valence-corrected chi connectivity index (χ4v) is 2.81. The van der Waals surface area contributed by atoms with Crippen molar-refractivity contribution in [2.75, 3.05) is 31.8 Å². The van der Waals surface area contributed by atoms with E-state index in [1.54, 1.807) is 0 Å². The average molecular weight is 365 g/mol. The van der Waals surface area contributed by atoms with Gasteiger partial charge in [-0.3, -0.25) is 4.21 Å². The van der Waals surface area contributed by atoms with Crippen molar-refractivity contribution in [2.45, 2.75) is 20.8 Å². The lowest BCUT2D eigenvalue weighted by Crippen LogP contribution is -2.03. The van der Waals surface area contributed by atoms with E-state index in [4.69, 9.17) is 9.47 Å². The van der Waals surface area contributed by atoms with E-state index in [0.29, 0.717) is 24.7 Å². The number of oxime groups is 1. The van der Waals surface area contributed by atoms with Crippen LogP contribution in [0.15, 0.2) is 41.6 Å². The van der Waals surface area contributed by atoms with Crippen LogP contribution in [0.2, 0.25) is 0 Å². The quantitative estimate of drug-likeness (QED) is 0.342. The fourth-order valence-electron chi connectivity index (χ4n) is 2.09. The van der Waals surface area contributed by atoms with Crippen molar-refractivity contribution >= 4 is 17.0 Å². The first-order valence-corrected chi connectivity index (χ1v) is 9.60. The summed E-state index contributed by atoms with van der Waals surface area (Å²) in [7, 11) is 0.481. The molecule has 1 unspecified atom stereocenters. The molecule has 1 rings (SSSR count). The molecule has 0 spiro atoms. The molecule has 0 heterocycles. The zero-order valence-corrected chi connectivity index (χ0v) is 16.2. The van der Waals surface area contributed by atoms with Gasteiger partial charge in [0.2, 0.25) is 0 Å². The van der Waals surface area contributed by atoms with E-state index in [-0.39, 0.29) is 0 Å². The van der Waals surface area contributed by atoms with Crippen molar-refractivity contribution in [3.8, 4) is 11.5 Å². The van der Waals surface area contributed by atoms with Gasteiger partial charge >= 0.3 is 0 Å². The molecule has 0 saturated carbocycles. The van der Waals surface area contributed by atoms with E-state index >= 15 is 0 Å². The first-order valence-electron chi connectivity index (χ1n) is 8.11. The molecule has 0 bridgehead atoms. The Hall–Kier alpha value is -2.08. The lowest BCUT2D eigenvalue weighted by atomic mass is 10.1. The van der Waals surface area contributed by atoms with Gasteiger partial charge in [-0.2, -0.15) is 0 Å². The summed E-state index contributed by atoms with van der Waals surface area (Å²) in [5, 5.41) is 3.56. The Bertz CT molecular complexity index is 615. The third-order valence-electron chi connectivity index (χ3n) is 3.23. The van der Waals surface area contributed by atoms with Gasteiger partial charge in [0, 0.05) is 16.6 Å². The molecule has 0 aliphatic carbocycles. The first-order chi connectivity index (χ1) is 12.1. The van der Waals surface area contributed by atoms with Crippen molar-refractivity contribution in [2.24, 2.45) is 5.16 Å². The van der Waals surface area contributed by atoms with Crippen LogP contribution in [0, 0.1) is 13.8 Å². The molecular formula is C19H27NO4S. The van der Waals surface area contributed by atoms with Gasteiger partial charge in [0.1, 0.15) is 31.8 Å². The summed E-state index contributed by atoms with van der Waals surface area (Å²) in [5.74, 6) is 2.54.